The average Bonchev–Trinajstić information content (AvgIpc) is 3.10. The molecule has 1 aliphatic heterocycles. The summed E-state index contributed by atoms with van der Waals surface area (Å²) in [6.45, 7) is 9.77. The number of nitrogens with two attached hydrogens (primary N) is 1. The van der Waals surface area contributed by atoms with E-state index in [1.807, 2.05) is 20.8 Å². The van der Waals surface area contributed by atoms with Gasteiger partial charge in [0.1, 0.15) is 23.8 Å². The van der Waals surface area contributed by atoms with E-state index in [4.69, 9.17) is 10.5 Å². The van der Waals surface area contributed by atoms with Crippen LogP contribution in [0, 0.1) is 23.6 Å². The zero-order valence-corrected chi connectivity index (χ0v) is 29.8. The van der Waals surface area contributed by atoms with Crippen molar-refractivity contribution in [1.29, 1.82) is 0 Å². The van der Waals surface area contributed by atoms with E-state index < -0.39 is 34.8 Å². The van der Waals surface area contributed by atoms with Gasteiger partial charge in [-0.1, -0.05) is 32.9 Å². The molecule has 0 spiro atoms. The number of hydrogen-bond donors (Lipinski definition) is 3. The molecule has 2 amide bonds. The Morgan fingerprint density at radius 1 is 1.06 bits per heavy atom. The van der Waals surface area contributed by atoms with Crippen LogP contribution in [0.3, 0.4) is 0 Å². The van der Waals surface area contributed by atoms with Crippen LogP contribution in [0.4, 0.5) is 20.6 Å². The summed E-state index contributed by atoms with van der Waals surface area (Å²) in [4.78, 5) is 66.3. The Balaban J connectivity index is 1.31. The number of amides is 2. The molecule has 0 radical (unpaired) electrons. The number of aromatic carboxylic acids is 1. The smallest absolute Gasteiger partial charge is 0.410 e. The number of aromatic nitrogens is 1. The summed E-state index contributed by atoms with van der Waals surface area (Å²) in [6, 6.07) is 9.59. The van der Waals surface area contributed by atoms with Gasteiger partial charge < -0.3 is 35.3 Å². The van der Waals surface area contributed by atoms with Crippen molar-refractivity contribution in [2.75, 3.05) is 54.4 Å². The second-order valence-corrected chi connectivity index (χ2v) is 13.9. The first kappa shape index (κ1) is 38.4. The predicted octanol–water partition coefficient (Wildman–Crippen LogP) is 4.82. The number of benzene rings is 2. The molecule has 0 unspecified atom stereocenters. The molecule has 50 heavy (non-hydrogen) atoms. The minimum absolute atomic E-state index is 0.00417. The Hall–Kier alpha value is -4.43. The molecule has 1 aliphatic rings. The van der Waals surface area contributed by atoms with Gasteiger partial charge in [0.05, 0.1) is 17.1 Å². The molecule has 1 fully saturated rings. The van der Waals surface area contributed by atoms with Crippen LogP contribution in [0.25, 0.3) is 10.9 Å². The summed E-state index contributed by atoms with van der Waals surface area (Å²) < 4.78 is 22.4. The second-order valence-electron chi connectivity index (χ2n) is 12.8. The van der Waals surface area contributed by atoms with Crippen molar-refractivity contribution in [1.82, 2.24) is 9.47 Å². The maximum Gasteiger partial charge on any atom is 0.410 e. The van der Waals surface area contributed by atoms with Crippen molar-refractivity contribution in [3.8, 4) is 0 Å². The van der Waals surface area contributed by atoms with Crippen molar-refractivity contribution in [3.63, 3.8) is 0 Å². The summed E-state index contributed by atoms with van der Waals surface area (Å²) in [6.07, 6.45) is 0.922. The van der Waals surface area contributed by atoms with Gasteiger partial charge in [0, 0.05) is 80.4 Å². The SMILES string of the molecule is CCn1cc(C(=O)O)c(=O)c2cc(F)c(N3CCN(C(=O)OCc4ccc(NC(=O)[C@H](CSCCN)CC(=O)[C@@H](C)C(C)C)cc4)CC3)cc21. The van der Waals surface area contributed by atoms with E-state index >= 15 is 4.39 Å². The lowest BCUT2D eigenvalue weighted by Gasteiger charge is -2.35. The van der Waals surface area contributed by atoms with Crippen LogP contribution in [0.2, 0.25) is 0 Å². The molecule has 1 saturated heterocycles. The lowest BCUT2D eigenvalue weighted by molar-refractivity contribution is -0.128. The number of hydrogen-bond acceptors (Lipinski definition) is 9. The number of rotatable bonds is 15. The number of carbonyl (C=O) groups excluding carboxylic acids is 3. The number of carboxylic acids is 1. The van der Waals surface area contributed by atoms with Gasteiger partial charge in [0.2, 0.25) is 11.3 Å². The van der Waals surface area contributed by atoms with E-state index in [0.717, 1.165) is 11.6 Å². The molecular formula is C36H46FN5O7S. The van der Waals surface area contributed by atoms with Crippen LogP contribution in [0.1, 0.15) is 50.0 Å². The average molecular weight is 712 g/mol. The Bertz CT molecular complexity index is 1760. The van der Waals surface area contributed by atoms with Crippen molar-refractivity contribution < 1.29 is 33.4 Å². The van der Waals surface area contributed by atoms with Crippen molar-refractivity contribution in [3.05, 3.63) is 69.8 Å². The Morgan fingerprint density at radius 3 is 2.34 bits per heavy atom. The lowest BCUT2D eigenvalue weighted by Crippen LogP contribution is -2.49. The number of Topliss-reactive ketones (excluding diaryl/α,β-unsaturated/α-hetero) is 1. The van der Waals surface area contributed by atoms with E-state index in [2.05, 4.69) is 5.32 Å². The molecule has 2 aromatic carbocycles. The van der Waals surface area contributed by atoms with Gasteiger partial charge in [0.15, 0.2) is 0 Å². The number of nitrogens with one attached hydrogen (secondary N) is 1. The van der Waals surface area contributed by atoms with Gasteiger partial charge in [-0.25, -0.2) is 14.0 Å². The normalized spacial score (nSPS) is 14.5. The minimum Gasteiger partial charge on any atom is -0.477 e. The van der Waals surface area contributed by atoms with Crippen LogP contribution in [0.15, 0.2) is 47.4 Å². The first-order valence-electron chi connectivity index (χ1n) is 16.8. The summed E-state index contributed by atoms with van der Waals surface area (Å²) in [5, 5.41) is 12.3. The van der Waals surface area contributed by atoms with E-state index in [-0.39, 0.29) is 60.7 Å². The third-order valence-electron chi connectivity index (χ3n) is 9.09. The first-order valence-corrected chi connectivity index (χ1v) is 18.0. The molecule has 0 saturated carbocycles. The molecule has 2 atom stereocenters. The summed E-state index contributed by atoms with van der Waals surface area (Å²) >= 11 is 1.55. The number of pyridine rings is 1. The van der Waals surface area contributed by atoms with Crippen LogP contribution in [-0.2, 0) is 27.5 Å². The highest BCUT2D eigenvalue weighted by molar-refractivity contribution is 7.99. The largest absolute Gasteiger partial charge is 0.477 e. The van der Waals surface area contributed by atoms with Crippen molar-refractivity contribution in [2.24, 2.45) is 23.5 Å². The number of thioether (sulfide) groups is 1. The molecule has 0 bridgehead atoms. The third-order valence-corrected chi connectivity index (χ3v) is 10.3. The standard InChI is InChI=1S/C36H46FN5O7S/c1-5-40-19-28(35(46)47)33(44)27-17-29(37)31(18-30(27)40)41-11-13-42(14-12-41)36(48)49-20-24-6-8-26(9-7-24)39-34(45)25(21-50-15-10-38)16-32(43)23(4)22(2)3/h6-9,17-19,22-23,25H,5,10-16,20-21,38H2,1-4H3,(H,39,45)(H,46,47)/t23-,25-/m0/s1. The monoisotopic (exact) mass is 711 g/mol. The van der Waals surface area contributed by atoms with Gasteiger partial charge in [-0.3, -0.25) is 14.4 Å². The lowest BCUT2D eigenvalue weighted by atomic mass is 9.88. The fourth-order valence-electron chi connectivity index (χ4n) is 5.69. The number of aryl methyl sites for hydroxylation is 1. The van der Waals surface area contributed by atoms with Gasteiger partial charge >= 0.3 is 12.1 Å². The van der Waals surface area contributed by atoms with Gasteiger partial charge in [-0.15, -0.1) is 0 Å². The third kappa shape index (κ3) is 9.42. The Labute approximate surface area is 295 Å². The molecule has 4 N–H and O–H groups in total. The van der Waals surface area contributed by atoms with E-state index in [1.165, 1.54) is 11.1 Å². The maximum atomic E-state index is 15.2. The van der Waals surface area contributed by atoms with Crippen molar-refractivity contribution >= 4 is 57.8 Å². The highest BCUT2D eigenvalue weighted by Crippen LogP contribution is 2.27. The Morgan fingerprint density at radius 2 is 1.74 bits per heavy atom. The number of carbonyl (C=O) groups is 4. The molecule has 4 rings (SSSR count). The number of halogens is 1. The summed E-state index contributed by atoms with van der Waals surface area (Å²) in [5.41, 5.74) is 6.44. The highest BCUT2D eigenvalue weighted by Gasteiger charge is 2.27. The van der Waals surface area contributed by atoms with Gasteiger partial charge in [-0.05, 0) is 42.7 Å². The molecule has 2 heterocycles. The molecule has 14 heteroatoms. The zero-order valence-electron chi connectivity index (χ0n) is 28.9. The molecule has 0 aliphatic carbocycles. The van der Waals surface area contributed by atoms with Crippen molar-refractivity contribution in [2.45, 2.75) is 47.3 Å². The summed E-state index contributed by atoms with van der Waals surface area (Å²) in [5.74, 6) is -1.41. The van der Waals surface area contributed by atoms with E-state index in [1.54, 1.807) is 58.5 Å². The second kappa shape index (κ2) is 17.5. The number of piperazine rings is 1. The molecule has 270 valence electrons. The predicted molar refractivity (Wildman–Crippen MR) is 193 cm³/mol. The number of nitrogens with zero attached hydrogens (tertiary/aromatic N) is 3. The zero-order chi connectivity index (χ0) is 36.5. The minimum atomic E-state index is -1.37. The van der Waals surface area contributed by atoms with Crippen LogP contribution < -0.4 is 21.4 Å². The number of ether oxygens (including phenoxy) is 1. The molecule has 12 nitrogen and oxygen atoms in total. The maximum absolute atomic E-state index is 15.2. The van der Waals surface area contributed by atoms with Crippen LogP contribution in [-0.4, -0.2) is 82.6 Å². The fourth-order valence-corrected chi connectivity index (χ4v) is 6.57. The molecule has 3 aromatic rings. The van der Waals surface area contributed by atoms with E-state index in [9.17, 15) is 29.1 Å². The summed E-state index contributed by atoms with van der Waals surface area (Å²) in [7, 11) is 0. The van der Waals surface area contributed by atoms with Gasteiger partial charge in [0.25, 0.3) is 0 Å². The highest BCUT2D eigenvalue weighted by atomic mass is 32.2. The van der Waals surface area contributed by atoms with Gasteiger partial charge in [-0.2, -0.15) is 11.8 Å². The number of fused-ring (bicyclic) bond motifs is 1. The quantitative estimate of drug-likeness (QED) is 0.186. The van der Waals surface area contributed by atoms with Crippen LogP contribution >= 0.6 is 11.8 Å². The van der Waals surface area contributed by atoms with E-state index in [0.29, 0.717) is 48.9 Å². The molecular weight excluding hydrogens is 665 g/mol. The molecule has 1 aromatic heterocycles. The first-order chi connectivity index (χ1) is 23.8. The Kier molecular flexibility index (Phi) is 13.4. The topological polar surface area (TPSA) is 164 Å². The fraction of sp³-hybridized carbons (Fsp3) is 0.472. The number of anilines is 2. The number of carboxylic acid groups (broad SMARTS) is 1. The number of ketones is 1. The van der Waals surface area contributed by atoms with Crippen LogP contribution in [0.5, 0.6) is 0 Å².